The van der Waals surface area contributed by atoms with Crippen LogP contribution in [0.1, 0.15) is 21.6 Å². The maximum Gasteiger partial charge on any atom is 0.187 e. The van der Waals surface area contributed by atoms with Gasteiger partial charge in [-0.1, -0.05) is 15.9 Å². The van der Waals surface area contributed by atoms with Gasteiger partial charge < -0.3 is 5.11 Å². The highest BCUT2D eigenvalue weighted by Crippen LogP contribution is 2.32. The lowest BCUT2D eigenvalue weighted by Gasteiger charge is -2.05. The average Bonchev–Trinajstić information content (AvgIpc) is 2.55. The summed E-state index contributed by atoms with van der Waals surface area (Å²) < 4.78 is 1.35. The van der Waals surface area contributed by atoms with Gasteiger partial charge in [-0.05, 0) is 65.3 Å². The number of carbonyl (C=O) groups is 1. The van der Waals surface area contributed by atoms with Crippen molar-refractivity contribution >= 4 is 54.8 Å². The number of hydrogen-bond acceptors (Lipinski definition) is 4. The maximum absolute atomic E-state index is 12.5. The van der Waals surface area contributed by atoms with Gasteiger partial charge in [-0.15, -0.1) is 0 Å². The zero-order valence-electron chi connectivity index (χ0n) is 12.6. The summed E-state index contributed by atoms with van der Waals surface area (Å²) >= 11 is 6.63. The molecule has 24 heavy (non-hydrogen) atoms. The molecule has 0 aliphatic rings. The number of nitrogens with zero attached hydrogens (tertiary/aromatic N) is 2. The van der Waals surface area contributed by atoms with E-state index in [2.05, 4.69) is 41.8 Å². The van der Waals surface area contributed by atoms with E-state index >= 15 is 0 Å². The molecule has 0 saturated heterocycles. The Bertz CT molecular complexity index is 984. The van der Waals surface area contributed by atoms with Gasteiger partial charge in [-0.2, -0.15) is 0 Å². The van der Waals surface area contributed by atoms with E-state index in [1.807, 2.05) is 6.07 Å². The zero-order valence-corrected chi connectivity index (χ0v) is 15.8. The molecule has 6 heteroatoms. The van der Waals surface area contributed by atoms with Crippen molar-refractivity contribution in [1.82, 2.24) is 9.97 Å². The largest absolute Gasteiger partial charge is 0.506 e. The summed E-state index contributed by atoms with van der Waals surface area (Å²) in [6.07, 6.45) is 4.68. The molecule has 0 saturated carbocycles. The van der Waals surface area contributed by atoms with Crippen LogP contribution in [0.2, 0.25) is 0 Å². The lowest BCUT2D eigenvalue weighted by atomic mass is 10.1. The fourth-order valence-electron chi connectivity index (χ4n) is 2.31. The highest BCUT2D eigenvalue weighted by Gasteiger charge is 2.11. The van der Waals surface area contributed by atoms with E-state index in [1.165, 1.54) is 6.08 Å². The van der Waals surface area contributed by atoms with Gasteiger partial charge >= 0.3 is 0 Å². The summed E-state index contributed by atoms with van der Waals surface area (Å²) in [7, 11) is 0. The van der Waals surface area contributed by atoms with Crippen LogP contribution >= 0.6 is 31.9 Å². The lowest BCUT2D eigenvalue weighted by Crippen LogP contribution is -2.01. The second-order valence-corrected chi connectivity index (χ2v) is 6.96. The number of fused-ring (bicyclic) bond motifs is 1. The fourth-order valence-corrected chi connectivity index (χ4v) is 3.57. The van der Waals surface area contributed by atoms with Crippen LogP contribution in [0.15, 0.2) is 51.6 Å². The summed E-state index contributed by atoms with van der Waals surface area (Å²) in [6.45, 7) is 1.78. The van der Waals surface area contributed by atoms with E-state index in [4.69, 9.17) is 0 Å². The summed E-state index contributed by atoms with van der Waals surface area (Å²) in [5, 5.41) is 10.9. The number of hydrogen-bond donors (Lipinski definition) is 1. The first-order chi connectivity index (χ1) is 11.5. The molecule has 2 aromatic heterocycles. The quantitative estimate of drug-likeness (QED) is 0.450. The van der Waals surface area contributed by atoms with E-state index in [0.717, 1.165) is 9.86 Å². The van der Waals surface area contributed by atoms with Gasteiger partial charge in [-0.25, -0.2) is 9.97 Å². The number of phenolic OH excluding ortho intramolecular Hbond substituents is 1. The number of aryl methyl sites for hydroxylation is 1. The first-order valence-electron chi connectivity index (χ1n) is 7.08. The molecule has 3 rings (SSSR count). The number of rotatable bonds is 3. The minimum Gasteiger partial charge on any atom is -0.506 e. The van der Waals surface area contributed by atoms with Gasteiger partial charge in [0.15, 0.2) is 11.4 Å². The van der Waals surface area contributed by atoms with Crippen LogP contribution in [0, 0.1) is 6.92 Å². The van der Waals surface area contributed by atoms with Gasteiger partial charge in [0.1, 0.15) is 5.75 Å². The van der Waals surface area contributed by atoms with Crippen molar-refractivity contribution in [2.45, 2.75) is 6.92 Å². The Morgan fingerprint density at radius 1 is 1.25 bits per heavy atom. The number of allylic oxidation sites excluding steroid dienone is 1. The Balaban J connectivity index is 1.97. The molecule has 0 unspecified atom stereocenters. The number of phenols is 1. The van der Waals surface area contributed by atoms with Crippen molar-refractivity contribution in [3.8, 4) is 5.75 Å². The molecule has 0 amide bonds. The van der Waals surface area contributed by atoms with Crippen molar-refractivity contribution in [1.29, 1.82) is 0 Å². The molecule has 4 nitrogen and oxygen atoms in total. The average molecular weight is 448 g/mol. The molecular formula is C18H12Br2N2O2. The second kappa shape index (κ2) is 6.83. The number of ketones is 1. The predicted octanol–water partition coefficient (Wildman–Crippen LogP) is 5.06. The summed E-state index contributed by atoms with van der Waals surface area (Å²) in [6, 6.07) is 8.93. The molecule has 1 aromatic carbocycles. The van der Waals surface area contributed by atoms with Gasteiger partial charge in [0, 0.05) is 27.2 Å². The van der Waals surface area contributed by atoms with Crippen LogP contribution in [0.5, 0.6) is 5.75 Å². The van der Waals surface area contributed by atoms with Gasteiger partial charge in [0.25, 0.3) is 0 Å². The van der Waals surface area contributed by atoms with E-state index in [0.29, 0.717) is 26.9 Å². The van der Waals surface area contributed by atoms with Crippen molar-refractivity contribution in [2.24, 2.45) is 0 Å². The van der Waals surface area contributed by atoms with Crippen LogP contribution in [-0.4, -0.2) is 20.9 Å². The third-order valence-corrected chi connectivity index (χ3v) is 4.58. The number of aromatic nitrogens is 2. The van der Waals surface area contributed by atoms with E-state index < -0.39 is 0 Å². The highest BCUT2D eigenvalue weighted by atomic mass is 79.9. The van der Waals surface area contributed by atoms with E-state index in [9.17, 15) is 9.90 Å². The number of benzene rings is 1. The Labute approximate surface area is 155 Å². The monoisotopic (exact) mass is 446 g/mol. The van der Waals surface area contributed by atoms with Crippen molar-refractivity contribution in [3.63, 3.8) is 0 Å². The Hall–Kier alpha value is -2.05. The summed E-state index contributed by atoms with van der Waals surface area (Å²) in [5.74, 6) is -0.0962. The zero-order chi connectivity index (χ0) is 17.3. The van der Waals surface area contributed by atoms with Crippen LogP contribution in [0.25, 0.3) is 17.1 Å². The van der Waals surface area contributed by atoms with Crippen LogP contribution in [0.3, 0.4) is 0 Å². The summed E-state index contributed by atoms with van der Waals surface area (Å²) in [5.41, 5.74) is 2.29. The van der Waals surface area contributed by atoms with Crippen molar-refractivity contribution in [2.75, 3.05) is 0 Å². The standard InChI is InChI=1S/C18H12Br2N2O2/c1-10-14(8-12-3-2-6-21-18(12)22-10)16(23)5-4-11-7-13(19)9-15(20)17(11)24/h2-9,24H,1H3/b5-4+. The minimum atomic E-state index is -0.179. The van der Waals surface area contributed by atoms with Gasteiger partial charge in [-0.3, -0.25) is 4.79 Å². The maximum atomic E-state index is 12.5. The number of aromatic hydroxyl groups is 1. The van der Waals surface area contributed by atoms with Gasteiger partial charge in [0.2, 0.25) is 0 Å². The number of pyridine rings is 2. The predicted molar refractivity (Wildman–Crippen MR) is 101 cm³/mol. The molecule has 0 aliphatic carbocycles. The first-order valence-corrected chi connectivity index (χ1v) is 8.67. The van der Waals surface area contributed by atoms with Crippen LogP contribution in [-0.2, 0) is 0 Å². The van der Waals surface area contributed by atoms with Crippen LogP contribution < -0.4 is 0 Å². The molecule has 0 fully saturated rings. The lowest BCUT2D eigenvalue weighted by molar-refractivity contribution is 0.104. The van der Waals surface area contributed by atoms with Crippen molar-refractivity contribution in [3.05, 3.63) is 68.4 Å². The van der Waals surface area contributed by atoms with Gasteiger partial charge in [0.05, 0.1) is 10.2 Å². The third kappa shape index (κ3) is 3.39. The highest BCUT2D eigenvalue weighted by molar-refractivity contribution is 9.11. The van der Waals surface area contributed by atoms with E-state index in [1.54, 1.807) is 43.5 Å². The van der Waals surface area contributed by atoms with E-state index in [-0.39, 0.29) is 11.5 Å². The molecule has 2 heterocycles. The Morgan fingerprint density at radius 3 is 2.83 bits per heavy atom. The molecule has 0 spiro atoms. The summed E-state index contributed by atoms with van der Waals surface area (Å²) in [4.78, 5) is 21.1. The Kier molecular flexibility index (Phi) is 4.78. The minimum absolute atomic E-state index is 0.0832. The molecular weight excluding hydrogens is 436 g/mol. The topological polar surface area (TPSA) is 63.1 Å². The van der Waals surface area contributed by atoms with Crippen molar-refractivity contribution < 1.29 is 9.90 Å². The second-order valence-electron chi connectivity index (χ2n) is 5.19. The first kappa shape index (κ1) is 16.8. The SMILES string of the molecule is Cc1nc2ncccc2cc1C(=O)/C=C/c1cc(Br)cc(Br)c1O. The molecule has 1 N–H and O–H groups in total. The molecule has 3 aromatic rings. The number of halogens is 2. The Morgan fingerprint density at radius 2 is 2.04 bits per heavy atom. The number of carbonyl (C=O) groups excluding carboxylic acids is 1. The normalized spacial score (nSPS) is 11.3. The fraction of sp³-hybridized carbons (Fsp3) is 0.0556. The molecule has 0 aliphatic heterocycles. The third-order valence-electron chi connectivity index (χ3n) is 3.52. The molecule has 0 bridgehead atoms. The molecule has 0 radical (unpaired) electrons. The smallest absolute Gasteiger partial charge is 0.187 e. The molecule has 0 atom stereocenters. The van der Waals surface area contributed by atoms with Crippen LogP contribution in [0.4, 0.5) is 0 Å². The molecule has 120 valence electrons.